The van der Waals surface area contributed by atoms with Crippen LogP contribution in [0.4, 0.5) is 38.1 Å². The third kappa shape index (κ3) is 4.76. The number of hydrogen-bond acceptors (Lipinski definition) is 3. The van der Waals surface area contributed by atoms with E-state index in [1.54, 1.807) is 0 Å². The van der Waals surface area contributed by atoms with Crippen molar-refractivity contribution in [1.29, 1.82) is 0 Å². The summed E-state index contributed by atoms with van der Waals surface area (Å²) in [6.45, 7) is -0.151. The lowest BCUT2D eigenvalue weighted by Gasteiger charge is -2.39. The highest BCUT2D eigenvalue weighted by Gasteiger charge is 2.51. The van der Waals surface area contributed by atoms with Crippen molar-refractivity contribution in [3.63, 3.8) is 0 Å². The van der Waals surface area contributed by atoms with Gasteiger partial charge in [-0.2, -0.15) is 13.2 Å². The van der Waals surface area contributed by atoms with Crippen molar-refractivity contribution in [2.24, 2.45) is 0 Å². The van der Waals surface area contributed by atoms with Gasteiger partial charge in [0.2, 0.25) is 5.91 Å². The molecule has 1 aromatic heterocycles. The summed E-state index contributed by atoms with van der Waals surface area (Å²) in [5.74, 6) is -2.34. The quantitative estimate of drug-likeness (QED) is 0.645. The minimum Gasteiger partial charge on any atom is -0.324 e. The van der Waals surface area contributed by atoms with Gasteiger partial charge in [0.1, 0.15) is 23.9 Å². The van der Waals surface area contributed by atoms with Gasteiger partial charge in [0.05, 0.1) is 24.0 Å². The van der Waals surface area contributed by atoms with E-state index in [1.165, 1.54) is 15.9 Å². The molecule has 1 aliphatic carbocycles. The van der Waals surface area contributed by atoms with Gasteiger partial charge in [0.15, 0.2) is 0 Å². The number of carbonyl (C=O) groups is 2. The Balaban J connectivity index is 1.56. The minimum absolute atomic E-state index is 0.0781. The second-order valence-electron chi connectivity index (χ2n) is 8.35. The molecule has 1 N–H and O–H groups in total. The van der Waals surface area contributed by atoms with Crippen LogP contribution in [0.3, 0.4) is 0 Å². The van der Waals surface area contributed by atoms with Crippen LogP contribution in [0.2, 0.25) is 0 Å². The third-order valence-electron chi connectivity index (χ3n) is 6.07. The highest BCUT2D eigenvalue weighted by atomic mass is 19.4. The van der Waals surface area contributed by atoms with Gasteiger partial charge in [-0.3, -0.25) is 9.69 Å². The summed E-state index contributed by atoms with van der Waals surface area (Å²) in [4.78, 5) is 32.1. The number of alkyl halides is 3. The smallest absolute Gasteiger partial charge is 0.324 e. The highest BCUT2D eigenvalue weighted by Crippen LogP contribution is 2.41. The number of urea groups is 1. The predicted molar refractivity (Wildman–Crippen MR) is 109 cm³/mol. The van der Waals surface area contributed by atoms with E-state index >= 15 is 0 Å². The van der Waals surface area contributed by atoms with Crippen molar-refractivity contribution >= 4 is 23.3 Å². The lowest BCUT2D eigenvalue weighted by Crippen LogP contribution is -2.51. The lowest BCUT2D eigenvalue weighted by atomic mass is 9.81. The zero-order valence-electron chi connectivity index (χ0n) is 17.5. The van der Waals surface area contributed by atoms with E-state index in [-0.39, 0.29) is 24.5 Å². The van der Waals surface area contributed by atoms with Crippen LogP contribution < -0.4 is 10.2 Å². The maximum Gasteiger partial charge on any atom is 0.433 e. The van der Waals surface area contributed by atoms with Gasteiger partial charge in [-0.1, -0.05) is 19.3 Å². The summed E-state index contributed by atoms with van der Waals surface area (Å²) in [5, 5.41) is 2.40. The molecule has 3 amide bonds. The molecule has 1 aromatic carbocycles. The molecular weight excluding hydrogens is 447 g/mol. The number of hydrogen-bond donors (Lipinski definition) is 1. The maximum absolute atomic E-state index is 13.4. The molecule has 4 rings (SSSR count). The summed E-state index contributed by atoms with van der Waals surface area (Å²) in [6, 6.07) is 4.06. The Morgan fingerprint density at radius 1 is 1.06 bits per heavy atom. The summed E-state index contributed by atoms with van der Waals surface area (Å²) < 4.78 is 65.4. The van der Waals surface area contributed by atoms with Gasteiger partial charge in [-0.15, -0.1) is 0 Å². The number of aromatic nitrogens is 1. The van der Waals surface area contributed by atoms with Gasteiger partial charge in [0, 0.05) is 11.8 Å². The van der Waals surface area contributed by atoms with Crippen LogP contribution in [-0.4, -0.2) is 40.5 Å². The van der Waals surface area contributed by atoms with Crippen molar-refractivity contribution in [3.8, 4) is 0 Å². The van der Waals surface area contributed by atoms with Crippen molar-refractivity contribution in [2.45, 2.75) is 43.8 Å². The summed E-state index contributed by atoms with van der Waals surface area (Å²) in [5.41, 5.74) is -1.61. The summed E-state index contributed by atoms with van der Waals surface area (Å²) in [6.07, 6.45) is 0.297. The number of rotatable bonds is 4. The minimum atomic E-state index is -4.60. The average Bonchev–Trinajstić information content (AvgIpc) is 2.99. The number of anilines is 2. The van der Waals surface area contributed by atoms with Gasteiger partial charge in [0.25, 0.3) is 0 Å². The Bertz CT molecular complexity index is 1030. The largest absolute Gasteiger partial charge is 0.433 e. The zero-order chi connectivity index (χ0) is 23.8. The van der Waals surface area contributed by atoms with Gasteiger partial charge in [-0.05, 0) is 37.1 Å². The zero-order valence-corrected chi connectivity index (χ0v) is 17.5. The Labute approximate surface area is 186 Å². The first-order valence-corrected chi connectivity index (χ1v) is 10.5. The topological polar surface area (TPSA) is 65.5 Å². The molecule has 1 aliphatic heterocycles. The van der Waals surface area contributed by atoms with Crippen LogP contribution >= 0.6 is 0 Å². The standard InChI is InChI=1S/C22H21F5N4O2/c23-14-8-15(24)10-16(9-14)29-19(32)12-31-20(33)30(13-21(31)6-2-1-3-7-21)17-4-5-18(28-11-17)22(25,26)27/h4-5,8-11H,1-3,6-7,12-13H2,(H,29,32). The molecular formula is C22H21F5N4O2. The van der Waals surface area contributed by atoms with Crippen LogP contribution in [0.5, 0.6) is 0 Å². The number of carbonyl (C=O) groups excluding carboxylic acids is 2. The molecule has 2 fully saturated rings. The molecule has 11 heteroatoms. The van der Waals surface area contributed by atoms with Crippen molar-refractivity contribution < 1.29 is 31.5 Å². The van der Waals surface area contributed by atoms with E-state index in [9.17, 15) is 31.5 Å². The fraction of sp³-hybridized carbons (Fsp3) is 0.409. The number of benzene rings is 1. The maximum atomic E-state index is 13.4. The molecule has 1 saturated carbocycles. The third-order valence-corrected chi connectivity index (χ3v) is 6.07. The second-order valence-corrected chi connectivity index (χ2v) is 8.35. The van der Waals surface area contributed by atoms with E-state index in [0.29, 0.717) is 18.9 Å². The van der Waals surface area contributed by atoms with Crippen molar-refractivity contribution in [2.75, 3.05) is 23.3 Å². The average molecular weight is 468 g/mol. The van der Waals surface area contributed by atoms with Gasteiger partial charge < -0.3 is 10.2 Å². The van der Waals surface area contributed by atoms with Crippen LogP contribution in [0, 0.1) is 11.6 Å². The van der Waals surface area contributed by atoms with E-state index in [4.69, 9.17) is 0 Å². The first-order valence-electron chi connectivity index (χ1n) is 10.5. The molecule has 176 valence electrons. The Hall–Kier alpha value is -3.24. The molecule has 1 saturated heterocycles. The fourth-order valence-corrected chi connectivity index (χ4v) is 4.55. The summed E-state index contributed by atoms with van der Waals surface area (Å²) >= 11 is 0. The van der Waals surface area contributed by atoms with E-state index in [1.807, 2.05) is 0 Å². The van der Waals surface area contributed by atoms with Crippen molar-refractivity contribution in [1.82, 2.24) is 9.88 Å². The molecule has 0 atom stereocenters. The molecule has 0 bridgehead atoms. The van der Waals surface area contributed by atoms with Gasteiger partial charge in [-0.25, -0.2) is 18.6 Å². The van der Waals surface area contributed by atoms with E-state index in [2.05, 4.69) is 10.3 Å². The highest BCUT2D eigenvalue weighted by molar-refractivity contribution is 6.00. The van der Waals surface area contributed by atoms with Gasteiger partial charge >= 0.3 is 12.2 Å². The molecule has 1 spiro atoms. The van der Waals surface area contributed by atoms with E-state index in [0.717, 1.165) is 43.7 Å². The molecule has 33 heavy (non-hydrogen) atoms. The number of pyridine rings is 1. The van der Waals surface area contributed by atoms with E-state index < -0.39 is 41.0 Å². The Morgan fingerprint density at radius 2 is 1.73 bits per heavy atom. The van der Waals surface area contributed by atoms with Crippen LogP contribution in [0.1, 0.15) is 37.8 Å². The van der Waals surface area contributed by atoms with Crippen molar-refractivity contribution in [3.05, 3.63) is 53.9 Å². The fourth-order valence-electron chi connectivity index (χ4n) is 4.55. The molecule has 0 radical (unpaired) electrons. The number of halogens is 5. The normalized spacial score (nSPS) is 18.2. The lowest BCUT2D eigenvalue weighted by molar-refractivity contribution is -0.141. The van der Waals surface area contributed by atoms with Crippen LogP contribution in [-0.2, 0) is 11.0 Å². The Kier molecular flexibility index (Phi) is 5.98. The monoisotopic (exact) mass is 468 g/mol. The number of amides is 3. The molecule has 2 aliphatic rings. The first kappa shape index (κ1) is 22.9. The van der Waals surface area contributed by atoms with Crippen LogP contribution in [0.25, 0.3) is 0 Å². The predicted octanol–water partition coefficient (Wildman–Crippen LogP) is 4.96. The number of nitrogens with zero attached hydrogens (tertiary/aromatic N) is 3. The Morgan fingerprint density at radius 3 is 2.30 bits per heavy atom. The SMILES string of the molecule is O=C(CN1C(=O)N(c2ccc(C(F)(F)F)nc2)CC12CCCCC2)Nc1cc(F)cc(F)c1. The first-order chi connectivity index (χ1) is 15.6. The second kappa shape index (κ2) is 8.60. The molecule has 2 heterocycles. The molecule has 2 aromatic rings. The molecule has 6 nitrogen and oxygen atoms in total. The summed E-state index contributed by atoms with van der Waals surface area (Å²) in [7, 11) is 0. The number of nitrogens with one attached hydrogen (secondary N) is 1. The van der Waals surface area contributed by atoms with Crippen LogP contribution in [0.15, 0.2) is 36.5 Å². The molecule has 0 unspecified atom stereocenters.